The Kier molecular flexibility index (Phi) is 9.37. The highest BCUT2D eigenvalue weighted by molar-refractivity contribution is 6.73. The highest BCUT2D eigenvalue weighted by Crippen LogP contribution is 2.57. The fraction of sp³-hybridized carbons (Fsp3) is 0.268. The first-order valence-electron chi connectivity index (χ1n) is 27.5. The molecule has 0 amide bonds. The summed E-state index contributed by atoms with van der Waals surface area (Å²) in [5.74, 6) is 0. The lowest BCUT2D eigenvalue weighted by Gasteiger charge is -2.42. The van der Waals surface area contributed by atoms with Crippen molar-refractivity contribution in [3.05, 3.63) is 202 Å². The van der Waals surface area contributed by atoms with Crippen molar-refractivity contribution in [3.8, 4) is 39.1 Å². The summed E-state index contributed by atoms with van der Waals surface area (Å²) >= 11 is 0. The lowest BCUT2D eigenvalue weighted by molar-refractivity contribution is 0.331. The highest BCUT2D eigenvalue weighted by Gasteiger charge is 2.44. The minimum absolute atomic E-state index is 0.0585. The van der Waals surface area contributed by atoms with E-state index in [4.69, 9.17) is 6.58 Å². The van der Waals surface area contributed by atoms with Crippen LogP contribution in [0.4, 0.5) is 17.1 Å². The van der Waals surface area contributed by atoms with Gasteiger partial charge in [0.25, 0.3) is 0 Å². The molecule has 3 heterocycles. The van der Waals surface area contributed by atoms with Crippen LogP contribution in [0.25, 0.3) is 72.1 Å². The van der Waals surface area contributed by atoms with Crippen LogP contribution in [0, 0.1) is 0 Å². The molecule has 2 aliphatic heterocycles. The standard InChI is InChI=1S/C71H68BN3/c1-40-31-61(41-19-15-14-16-20-41)74(13)62-39-64-59(35-47(40)62)72-65-45(27-28-46-52-34-54-50(36-63(52)75(64)66(46)65)44-21-17-18-22-53(44)70(54,9)10)51-32-48-49-33-57-58(69(7,8)30-29-68(57,5)6)37-55(49)71(11,12)56(48)38-60(51)73-43-25-23-42(24-26-43)67(2,3)4/h14-28,31-39,72-73H,1,29-30H2,2-13H3. The minimum Gasteiger partial charge on any atom is -0.355 e. The van der Waals surface area contributed by atoms with Crippen molar-refractivity contribution >= 4 is 68.3 Å². The van der Waals surface area contributed by atoms with E-state index in [1.54, 1.807) is 0 Å². The van der Waals surface area contributed by atoms with Crippen LogP contribution < -0.4 is 21.1 Å². The first kappa shape index (κ1) is 46.3. The molecule has 0 atom stereocenters. The summed E-state index contributed by atoms with van der Waals surface area (Å²) in [5.41, 5.74) is 32.4. The van der Waals surface area contributed by atoms with E-state index in [2.05, 4.69) is 244 Å². The van der Waals surface area contributed by atoms with Gasteiger partial charge in [-0.2, -0.15) is 0 Å². The number of fused-ring (bicyclic) bond motifs is 13. The molecule has 0 saturated carbocycles. The van der Waals surface area contributed by atoms with Crippen LogP contribution in [-0.2, 0) is 27.1 Å². The van der Waals surface area contributed by atoms with Crippen molar-refractivity contribution < 1.29 is 0 Å². The summed E-state index contributed by atoms with van der Waals surface area (Å²) in [4.78, 5) is 2.38. The predicted octanol–water partition coefficient (Wildman–Crippen LogP) is 16.7. The second-order valence-electron chi connectivity index (χ2n) is 26.3. The van der Waals surface area contributed by atoms with Crippen LogP contribution >= 0.6 is 0 Å². The van der Waals surface area contributed by atoms with E-state index in [1.165, 1.54) is 140 Å². The lowest BCUT2D eigenvalue weighted by Crippen LogP contribution is -2.38. The molecule has 9 aromatic rings. The number of anilines is 3. The predicted molar refractivity (Wildman–Crippen MR) is 323 cm³/mol. The molecule has 0 radical (unpaired) electrons. The first-order valence-corrected chi connectivity index (χ1v) is 27.5. The Balaban J connectivity index is 1.04. The molecule has 5 aliphatic rings. The molecule has 8 aromatic carbocycles. The maximum absolute atomic E-state index is 4.74. The molecule has 0 unspecified atom stereocenters. The number of benzene rings is 8. The molecule has 4 heteroatoms. The monoisotopic (exact) mass is 974 g/mol. The molecule has 1 N–H and O–H groups in total. The molecule has 0 saturated heterocycles. The fourth-order valence-electron chi connectivity index (χ4n) is 14.5. The van der Waals surface area contributed by atoms with Gasteiger partial charge in [-0.1, -0.05) is 179 Å². The number of hydrogen-bond donors (Lipinski definition) is 1. The molecule has 0 bridgehead atoms. The van der Waals surface area contributed by atoms with Crippen LogP contribution in [0.5, 0.6) is 0 Å². The summed E-state index contributed by atoms with van der Waals surface area (Å²) < 4.78 is 2.65. The Hall–Kier alpha value is -7.30. The van der Waals surface area contributed by atoms with Crippen LogP contribution in [0.2, 0.25) is 0 Å². The van der Waals surface area contributed by atoms with Crippen molar-refractivity contribution in [3.63, 3.8) is 0 Å². The number of allylic oxidation sites excluding steroid dienone is 2. The van der Waals surface area contributed by atoms with Crippen LogP contribution in [-0.4, -0.2) is 18.9 Å². The quantitative estimate of drug-likeness (QED) is 0.177. The van der Waals surface area contributed by atoms with Gasteiger partial charge in [-0.15, -0.1) is 0 Å². The second-order valence-corrected chi connectivity index (χ2v) is 26.3. The van der Waals surface area contributed by atoms with Crippen molar-refractivity contribution in [1.29, 1.82) is 0 Å². The minimum atomic E-state index is -0.192. The third-order valence-electron chi connectivity index (χ3n) is 19.1. The van der Waals surface area contributed by atoms with Gasteiger partial charge in [-0.3, -0.25) is 0 Å². The molecular formula is C71H68BN3. The molecule has 75 heavy (non-hydrogen) atoms. The molecule has 14 rings (SSSR count). The molecule has 3 nitrogen and oxygen atoms in total. The number of nitrogens with one attached hydrogen (secondary N) is 1. The summed E-state index contributed by atoms with van der Waals surface area (Å²) in [7, 11) is 3.01. The van der Waals surface area contributed by atoms with Gasteiger partial charge in [0.2, 0.25) is 0 Å². The van der Waals surface area contributed by atoms with Crippen LogP contribution in [0.1, 0.15) is 139 Å². The average molecular weight is 974 g/mol. The van der Waals surface area contributed by atoms with Crippen LogP contribution in [0.15, 0.2) is 152 Å². The van der Waals surface area contributed by atoms with Gasteiger partial charge >= 0.3 is 0 Å². The smallest absolute Gasteiger partial charge is 0.198 e. The topological polar surface area (TPSA) is 20.2 Å². The third kappa shape index (κ3) is 6.47. The van der Waals surface area contributed by atoms with E-state index in [-0.39, 0.29) is 27.1 Å². The maximum Gasteiger partial charge on any atom is 0.198 e. The second kappa shape index (κ2) is 15.2. The number of aromatic nitrogens is 1. The van der Waals surface area contributed by atoms with Gasteiger partial charge in [-0.25, -0.2) is 0 Å². The van der Waals surface area contributed by atoms with E-state index in [9.17, 15) is 0 Å². The van der Waals surface area contributed by atoms with Gasteiger partial charge in [0, 0.05) is 68.1 Å². The van der Waals surface area contributed by atoms with Crippen LogP contribution in [0.3, 0.4) is 0 Å². The maximum atomic E-state index is 4.74. The fourth-order valence-corrected chi connectivity index (χ4v) is 14.5. The summed E-state index contributed by atoms with van der Waals surface area (Å²) in [6.45, 7) is 31.2. The van der Waals surface area contributed by atoms with E-state index >= 15 is 0 Å². The van der Waals surface area contributed by atoms with Crippen molar-refractivity contribution in [2.24, 2.45) is 0 Å². The zero-order valence-corrected chi connectivity index (χ0v) is 46.1. The van der Waals surface area contributed by atoms with Gasteiger partial charge < -0.3 is 14.8 Å². The Bertz CT molecular complexity index is 4050. The van der Waals surface area contributed by atoms with E-state index in [0.717, 1.165) is 29.9 Å². The normalized spacial score (nSPS) is 17.6. The Morgan fingerprint density at radius 1 is 0.533 bits per heavy atom. The zero-order valence-electron chi connectivity index (χ0n) is 46.1. The molecule has 3 aliphatic carbocycles. The lowest BCUT2D eigenvalue weighted by atomic mass is 9.58. The Morgan fingerprint density at radius 3 is 1.91 bits per heavy atom. The Labute approximate surface area is 445 Å². The SMILES string of the molecule is C=C1C=C(c2ccccc2)N(C)c2cc3c(cc21)Bc1c(-c2cc4c(cc2Nc2ccc(C(C)(C)C)cc2)C(C)(C)c2cc5c(cc2-4)C(C)(C)CCC5(C)C)ccc2c4cc5c(cc4n-3c12)-c1ccccc1C5(C)C. The van der Waals surface area contributed by atoms with Crippen molar-refractivity contribution in [2.75, 3.05) is 17.3 Å². The Morgan fingerprint density at radius 2 is 1.17 bits per heavy atom. The first-order chi connectivity index (χ1) is 35.6. The molecule has 1 aromatic heterocycles. The van der Waals surface area contributed by atoms with Gasteiger partial charge in [0.15, 0.2) is 7.28 Å². The summed E-state index contributed by atoms with van der Waals surface area (Å²) in [6, 6.07) is 54.3. The average Bonchev–Trinajstić information content (AvgIpc) is 3.95. The van der Waals surface area contributed by atoms with Crippen molar-refractivity contribution in [2.45, 2.75) is 116 Å². The van der Waals surface area contributed by atoms with E-state index < -0.39 is 0 Å². The molecule has 0 fully saturated rings. The molecular weight excluding hydrogens is 906 g/mol. The zero-order chi connectivity index (χ0) is 52.0. The number of rotatable bonds is 4. The number of hydrogen-bond acceptors (Lipinski definition) is 2. The third-order valence-corrected chi connectivity index (χ3v) is 19.1. The van der Waals surface area contributed by atoms with E-state index in [0.29, 0.717) is 0 Å². The van der Waals surface area contributed by atoms with Gasteiger partial charge in [-0.05, 0) is 167 Å². The number of nitrogens with zero attached hydrogens (tertiary/aromatic N) is 2. The summed E-state index contributed by atoms with van der Waals surface area (Å²) in [5, 5.41) is 6.70. The molecule has 370 valence electrons. The molecule has 0 spiro atoms. The summed E-state index contributed by atoms with van der Waals surface area (Å²) in [6.07, 6.45) is 4.66. The van der Waals surface area contributed by atoms with Gasteiger partial charge in [0.1, 0.15) is 0 Å². The van der Waals surface area contributed by atoms with Gasteiger partial charge in [0.05, 0.1) is 11.2 Å². The van der Waals surface area contributed by atoms with Crippen molar-refractivity contribution in [1.82, 2.24) is 4.57 Å². The highest BCUT2D eigenvalue weighted by atomic mass is 15.1. The van der Waals surface area contributed by atoms with E-state index in [1.807, 2.05) is 0 Å². The largest absolute Gasteiger partial charge is 0.355 e.